The Bertz CT molecular complexity index is 399. The molecule has 7 nitrogen and oxygen atoms in total. The maximum atomic E-state index is 10.3. The number of carboxylic acids is 1. The fourth-order valence-corrected chi connectivity index (χ4v) is 0.821. The van der Waals surface area contributed by atoms with Crippen LogP contribution in [0.4, 0.5) is 0 Å². The normalized spacial score (nSPS) is 8.25. The van der Waals surface area contributed by atoms with Gasteiger partial charge < -0.3 is 15.7 Å². The highest BCUT2D eigenvalue weighted by Gasteiger charge is 2.05. The first-order valence-electron chi connectivity index (χ1n) is 4.03. The van der Waals surface area contributed by atoms with Gasteiger partial charge in [-0.05, 0) is 12.1 Å². The molecule has 0 saturated carbocycles. The molecule has 0 unspecified atom stereocenters. The Kier molecular flexibility index (Phi) is 5.91. The third-order valence-electron chi connectivity index (χ3n) is 1.47. The van der Waals surface area contributed by atoms with Crippen molar-refractivity contribution in [2.24, 2.45) is 0 Å². The second-order valence-corrected chi connectivity index (χ2v) is 2.48. The van der Waals surface area contributed by atoms with Crippen molar-refractivity contribution in [1.82, 2.24) is 15.4 Å². The fraction of sp³-hybridized carbons (Fsp3) is 0. The smallest absolute Gasteiger partial charge is 0.339 e. The van der Waals surface area contributed by atoms with E-state index in [1.807, 2.05) is 0 Å². The van der Waals surface area contributed by atoms with Gasteiger partial charge in [0.1, 0.15) is 11.3 Å². The molecule has 0 atom stereocenters. The molecule has 0 aliphatic carbocycles. The zero-order chi connectivity index (χ0) is 11.1. The number of para-hydroxylation sites is 1. The van der Waals surface area contributed by atoms with Gasteiger partial charge in [0.15, 0.2) is 0 Å². The van der Waals surface area contributed by atoms with Gasteiger partial charge in [0.25, 0.3) is 0 Å². The zero-order valence-corrected chi connectivity index (χ0v) is 8.16. The van der Waals surface area contributed by atoms with Crippen molar-refractivity contribution in [1.29, 1.82) is 0 Å². The first-order chi connectivity index (χ1) is 7.22. The lowest BCUT2D eigenvalue weighted by Crippen LogP contribution is -1.95. The second-order valence-electron chi connectivity index (χ2n) is 2.48. The van der Waals surface area contributed by atoms with Crippen molar-refractivity contribution in [3.8, 4) is 5.75 Å². The van der Waals surface area contributed by atoms with Crippen molar-refractivity contribution < 1.29 is 20.5 Å². The lowest BCUT2D eigenvalue weighted by molar-refractivity contribution is 0.0693. The van der Waals surface area contributed by atoms with Gasteiger partial charge in [0, 0.05) is 0 Å². The Labute approximate surface area is 90.7 Å². The van der Waals surface area contributed by atoms with E-state index in [1.54, 1.807) is 24.5 Å². The molecule has 0 aliphatic rings. The Balaban J connectivity index is 0.000000318. The Morgan fingerprint density at radius 3 is 2.06 bits per heavy atom. The van der Waals surface area contributed by atoms with Crippen LogP contribution in [0.15, 0.2) is 36.7 Å². The number of carbonyl (C=O) groups is 1. The van der Waals surface area contributed by atoms with Gasteiger partial charge in [-0.25, -0.2) is 4.79 Å². The molecule has 0 radical (unpaired) electrons. The fourth-order valence-electron chi connectivity index (χ4n) is 0.821. The van der Waals surface area contributed by atoms with Crippen LogP contribution in [-0.4, -0.2) is 37.1 Å². The predicted octanol–water partition coefficient (Wildman–Crippen LogP) is 0.0704. The summed E-state index contributed by atoms with van der Waals surface area (Å²) in [7, 11) is 0. The molecular weight excluding hydrogens is 214 g/mol. The van der Waals surface area contributed by atoms with Crippen LogP contribution in [-0.2, 0) is 0 Å². The van der Waals surface area contributed by atoms with Gasteiger partial charge in [-0.15, -0.1) is 0 Å². The lowest BCUT2D eigenvalue weighted by Gasteiger charge is -1.95. The monoisotopic (exact) mass is 225 g/mol. The minimum Gasteiger partial charge on any atom is -0.507 e. The number of hydrogen-bond acceptors (Lipinski definition) is 4. The molecule has 0 amide bonds. The van der Waals surface area contributed by atoms with Crippen LogP contribution in [0, 0.1) is 0 Å². The van der Waals surface area contributed by atoms with E-state index >= 15 is 0 Å². The van der Waals surface area contributed by atoms with Crippen LogP contribution in [0.5, 0.6) is 5.75 Å². The largest absolute Gasteiger partial charge is 0.507 e. The summed E-state index contributed by atoms with van der Waals surface area (Å²) in [5, 5.41) is 26.6. The van der Waals surface area contributed by atoms with E-state index in [4.69, 9.17) is 10.2 Å². The molecule has 7 heteroatoms. The number of carboxylic acid groups (broad SMARTS) is 1. The number of rotatable bonds is 1. The molecule has 0 saturated heterocycles. The molecule has 2 aromatic rings. The van der Waals surface area contributed by atoms with E-state index in [1.165, 1.54) is 12.1 Å². The molecule has 16 heavy (non-hydrogen) atoms. The SMILES string of the molecule is O.O=C(O)c1ccccc1O.c1cn[nH]n1. The molecule has 0 bridgehead atoms. The lowest BCUT2D eigenvalue weighted by atomic mass is 10.2. The second kappa shape index (κ2) is 6.96. The average Bonchev–Trinajstić information content (AvgIpc) is 2.75. The molecule has 2 rings (SSSR count). The molecule has 5 N–H and O–H groups in total. The molecule has 1 heterocycles. The van der Waals surface area contributed by atoms with Gasteiger partial charge in [-0.3, -0.25) is 0 Å². The van der Waals surface area contributed by atoms with Crippen molar-refractivity contribution in [2.45, 2.75) is 0 Å². The molecule has 0 spiro atoms. The highest BCUT2D eigenvalue weighted by molar-refractivity contribution is 5.90. The molecule has 1 aromatic heterocycles. The predicted molar refractivity (Wildman–Crippen MR) is 55.1 cm³/mol. The van der Waals surface area contributed by atoms with Gasteiger partial charge in [-0.2, -0.15) is 15.4 Å². The van der Waals surface area contributed by atoms with Crippen LogP contribution >= 0.6 is 0 Å². The van der Waals surface area contributed by atoms with Gasteiger partial charge in [0.05, 0.1) is 12.4 Å². The summed E-state index contributed by atoms with van der Waals surface area (Å²) in [6.45, 7) is 0. The van der Waals surface area contributed by atoms with Crippen LogP contribution in [0.3, 0.4) is 0 Å². The number of nitrogens with one attached hydrogen (secondary N) is 1. The number of nitrogens with zero attached hydrogens (tertiary/aromatic N) is 2. The summed E-state index contributed by atoms with van der Waals surface area (Å²) in [6, 6.07) is 5.81. The Morgan fingerprint density at radius 1 is 1.19 bits per heavy atom. The molecule has 86 valence electrons. The van der Waals surface area contributed by atoms with E-state index in [2.05, 4.69) is 15.4 Å². The Morgan fingerprint density at radius 2 is 1.75 bits per heavy atom. The van der Waals surface area contributed by atoms with E-state index < -0.39 is 5.97 Å². The topological polar surface area (TPSA) is 131 Å². The quantitative estimate of drug-likeness (QED) is 0.632. The van der Waals surface area contributed by atoms with Crippen LogP contribution in [0.2, 0.25) is 0 Å². The number of aromatic hydroxyl groups is 1. The maximum absolute atomic E-state index is 10.3. The number of aromatic amines is 1. The summed E-state index contributed by atoms with van der Waals surface area (Å²) in [5.41, 5.74) is -0.0671. The number of benzene rings is 1. The molecule has 1 aromatic carbocycles. The molecule has 0 fully saturated rings. The standard InChI is InChI=1S/C7H6O3.C2H3N3.H2O/c8-6-4-2-1-3-5(6)7(9)10;1-2-4-5-3-1;/h1-4,8H,(H,9,10);1-2H,(H,3,4,5);1H2. The van der Waals surface area contributed by atoms with Gasteiger partial charge >= 0.3 is 5.97 Å². The first kappa shape index (κ1) is 13.6. The van der Waals surface area contributed by atoms with Crippen molar-refractivity contribution in [2.75, 3.05) is 0 Å². The minimum absolute atomic E-state index is 0. The van der Waals surface area contributed by atoms with E-state index in [9.17, 15) is 4.79 Å². The first-order valence-corrected chi connectivity index (χ1v) is 4.03. The van der Waals surface area contributed by atoms with E-state index in [0.717, 1.165) is 0 Å². The summed E-state index contributed by atoms with van der Waals surface area (Å²) in [5.74, 6) is -1.31. The van der Waals surface area contributed by atoms with Crippen molar-refractivity contribution in [3.05, 3.63) is 42.2 Å². The van der Waals surface area contributed by atoms with Crippen molar-refractivity contribution >= 4 is 5.97 Å². The summed E-state index contributed by atoms with van der Waals surface area (Å²) >= 11 is 0. The summed E-state index contributed by atoms with van der Waals surface area (Å²) in [6.07, 6.45) is 3.17. The number of aromatic carboxylic acids is 1. The zero-order valence-electron chi connectivity index (χ0n) is 8.16. The summed E-state index contributed by atoms with van der Waals surface area (Å²) < 4.78 is 0. The summed E-state index contributed by atoms with van der Waals surface area (Å²) in [4.78, 5) is 10.3. The third kappa shape index (κ3) is 4.20. The number of aromatic nitrogens is 3. The van der Waals surface area contributed by atoms with E-state index in [-0.39, 0.29) is 16.8 Å². The van der Waals surface area contributed by atoms with Gasteiger partial charge in [0.2, 0.25) is 0 Å². The maximum Gasteiger partial charge on any atom is 0.339 e. The highest BCUT2D eigenvalue weighted by Crippen LogP contribution is 2.14. The third-order valence-corrected chi connectivity index (χ3v) is 1.47. The van der Waals surface area contributed by atoms with Crippen LogP contribution < -0.4 is 0 Å². The average molecular weight is 225 g/mol. The Hall–Kier alpha value is -2.41. The van der Waals surface area contributed by atoms with E-state index in [0.29, 0.717) is 0 Å². The van der Waals surface area contributed by atoms with Crippen molar-refractivity contribution in [3.63, 3.8) is 0 Å². The number of H-pyrrole nitrogens is 1. The minimum atomic E-state index is -1.11. The molecular formula is C9H11N3O4. The molecule has 0 aliphatic heterocycles. The number of hydrogen-bond donors (Lipinski definition) is 3. The highest BCUT2D eigenvalue weighted by atomic mass is 16.4. The van der Waals surface area contributed by atoms with Gasteiger partial charge in [-0.1, -0.05) is 12.1 Å². The van der Waals surface area contributed by atoms with Crippen LogP contribution in [0.1, 0.15) is 10.4 Å². The number of phenols is 1. The van der Waals surface area contributed by atoms with Crippen LogP contribution in [0.25, 0.3) is 0 Å².